The zero-order valence-electron chi connectivity index (χ0n) is 16.9. The van der Waals surface area contributed by atoms with Gasteiger partial charge in [-0.2, -0.15) is 13.2 Å². The lowest BCUT2D eigenvalue weighted by atomic mass is 10.2. The lowest BCUT2D eigenvalue weighted by molar-refractivity contribution is -0.137. The number of halogens is 4. The molecule has 1 saturated heterocycles. The number of ether oxygens (including phenoxy) is 1. The third-order valence-electron chi connectivity index (χ3n) is 4.63. The summed E-state index contributed by atoms with van der Waals surface area (Å²) >= 11 is 0. The summed E-state index contributed by atoms with van der Waals surface area (Å²) in [6.07, 6.45) is -2.93. The fraction of sp³-hybridized carbons (Fsp3) is 0.400. The monoisotopic (exact) mass is 552 g/mol. The third-order valence-corrected chi connectivity index (χ3v) is 4.63. The summed E-state index contributed by atoms with van der Waals surface area (Å²) in [5, 5.41) is 3.13. The van der Waals surface area contributed by atoms with Crippen LogP contribution in [0.15, 0.2) is 52.1 Å². The largest absolute Gasteiger partial charge is 0.492 e. The van der Waals surface area contributed by atoms with Crippen molar-refractivity contribution in [2.24, 2.45) is 4.99 Å². The van der Waals surface area contributed by atoms with E-state index in [-0.39, 0.29) is 42.2 Å². The first-order chi connectivity index (χ1) is 14.4. The van der Waals surface area contributed by atoms with Crippen molar-refractivity contribution in [1.29, 1.82) is 0 Å². The van der Waals surface area contributed by atoms with Crippen LogP contribution in [0, 0.1) is 0 Å². The summed E-state index contributed by atoms with van der Waals surface area (Å²) in [4.78, 5) is 20.3. The molecule has 0 unspecified atom stereocenters. The highest BCUT2D eigenvalue weighted by Gasteiger charge is 2.30. The predicted molar refractivity (Wildman–Crippen MR) is 120 cm³/mol. The van der Waals surface area contributed by atoms with Crippen LogP contribution < -0.4 is 10.1 Å². The first-order valence-corrected chi connectivity index (χ1v) is 9.47. The van der Waals surface area contributed by atoms with E-state index in [1.54, 1.807) is 24.1 Å². The molecule has 0 spiro atoms. The normalized spacial score (nSPS) is 14.8. The molecule has 1 N–H and O–H groups in total. The van der Waals surface area contributed by atoms with Crippen LogP contribution in [0.3, 0.4) is 0 Å². The van der Waals surface area contributed by atoms with Crippen LogP contribution in [0.1, 0.15) is 16.1 Å². The molecule has 3 rings (SSSR count). The lowest BCUT2D eigenvalue weighted by Gasteiger charge is -2.36. The second-order valence-corrected chi connectivity index (χ2v) is 6.60. The fourth-order valence-electron chi connectivity index (χ4n) is 3.10. The van der Waals surface area contributed by atoms with Crippen molar-refractivity contribution in [2.45, 2.75) is 6.18 Å². The maximum Gasteiger partial charge on any atom is 0.416 e. The Morgan fingerprint density at radius 3 is 2.48 bits per heavy atom. The minimum absolute atomic E-state index is 0. The van der Waals surface area contributed by atoms with Gasteiger partial charge in [0.05, 0.1) is 18.4 Å². The minimum atomic E-state index is -4.40. The Labute approximate surface area is 195 Å². The molecule has 2 aromatic rings. The Hall–Kier alpha value is -2.44. The van der Waals surface area contributed by atoms with Crippen molar-refractivity contribution in [2.75, 3.05) is 46.4 Å². The molecule has 1 aromatic heterocycles. The summed E-state index contributed by atoms with van der Waals surface area (Å²) in [5.74, 6) is 0.981. The van der Waals surface area contributed by atoms with Gasteiger partial charge in [0.15, 0.2) is 11.7 Å². The molecular weight excluding hydrogens is 528 g/mol. The topological polar surface area (TPSA) is 70.3 Å². The quantitative estimate of drug-likeness (QED) is 0.267. The van der Waals surface area contributed by atoms with E-state index < -0.39 is 11.7 Å². The molecule has 0 saturated carbocycles. The van der Waals surface area contributed by atoms with Crippen LogP contribution in [0.4, 0.5) is 13.2 Å². The maximum atomic E-state index is 12.8. The van der Waals surface area contributed by atoms with Gasteiger partial charge in [0.2, 0.25) is 0 Å². The van der Waals surface area contributed by atoms with E-state index in [4.69, 9.17) is 9.15 Å². The summed E-state index contributed by atoms with van der Waals surface area (Å²) in [5.41, 5.74) is -0.745. The van der Waals surface area contributed by atoms with E-state index in [1.165, 1.54) is 18.4 Å². The van der Waals surface area contributed by atoms with E-state index in [9.17, 15) is 18.0 Å². The number of nitrogens with zero attached hydrogens (tertiary/aromatic N) is 3. The number of hydrogen-bond donors (Lipinski definition) is 1. The van der Waals surface area contributed by atoms with Gasteiger partial charge in [0.1, 0.15) is 12.4 Å². The number of carbonyl (C=O) groups excluding carboxylic acids is 1. The van der Waals surface area contributed by atoms with Crippen LogP contribution in [0.5, 0.6) is 5.75 Å². The van der Waals surface area contributed by atoms with E-state index in [0.717, 1.165) is 12.1 Å². The summed E-state index contributed by atoms with van der Waals surface area (Å²) in [6, 6.07) is 8.09. The predicted octanol–water partition coefficient (Wildman–Crippen LogP) is 3.33. The molecule has 0 bridgehead atoms. The minimum Gasteiger partial charge on any atom is -0.492 e. The van der Waals surface area contributed by atoms with E-state index in [1.807, 2.05) is 4.90 Å². The standard InChI is InChI=1S/C20H23F3N4O3.HI/c1-24-19(25-7-13-29-16-5-2-4-15(14-16)20(21,22)23)27-10-8-26(9-11-27)18(28)17-6-3-12-30-17;/h2-6,12,14H,7-11,13H2,1H3,(H,24,25);1H. The van der Waals surface area contributed by atoms with Gasteiger partial charge in [-0.15, -0.1) is 24.0 Å². The molecule has 1 amide bonds. The number of guanidine groups is 1. The third kappa shape index (κ3) is 6.77. The molecule has 0 atom stereocenters. The van der Waals surface area contributed by atoms with E-state index in [0.29, 0.717) is 44.4 Å². The molecule has 1 aliphatic rings. The second kappa shape index (κ2) is 11.3. The van der Waals surface area contributed by atoms with Gasteiger partial charge in [-0.1, -0.05) is 6.07 Å². The van der Waals surface area contributed by atoms with Crippen molar-refractivity contribution in [3.05, 3.63) is 54.0 Å². The first kappa shape index (κ1) is 24.8. The number of alkyl halides is 3. The first-order valence-electron chi connectivity index (χ1n) is 9.47. The number of amides is 1. The highest BCUT2D eigenvalue weighted by atomic mass is 127. The number of nitrogens with one attached hydrogen (secondary N) is 1. The Morgan fingerprint density at radius 2 is 1.87 bits per heavy atom. The van der Waals surface area contributed by atoms with Gasteiger partial charge in [0.25, 0.3) is 5.91 Å². The molecule has 7 nitrogen and oxygen atoms in total. The van der Waals surface area contributed by atoms with E-state index >= 15 is 0 Å². The highest BCUT2D eigenvalue weighted by molar-refractivity contribution is 14.0. The van der Waals surface area contributed by atoms with Gasteiger partial charge in [-0.25, -0.2) is 0 Å². The van der Waals surface area contributed by atoms with Crippen LogP contribution in [0.25, 0.3) is 0 Å². The summed E-state index contributed by atoms with van der Waals surface area (Å²) in [6.45, 7) is 2.80. The molecule has 0 radical (unpaired) electrons. The number of benzene rings is 1. The zero-order valence-corrected chi connectivity index (χ0v) is 19.2. The molecule has 31 heavy (non-hydrogen) atoms. The molecule has 1 fully saturated rings. The molecule has 1 aromatic carbocycles. The van der Waals surface area contributed by atoms with Gasteiger partial charge in [0, 0.05) is 33.2 Å². The average molecular weight is 552 g/mol. The highest BCUT2D eigenvalue weighted by Crippen LogP contribution is 2.31. The van der Waals surface area contributed by atoms with Gasteiger partial charge in [-0.3, -0.25) is 9.79 Å². The van der Waals surface area contributed by atoms with Crippen molar-refractivity contribution < 1.29 is 27.1 Å². The average Bonchev–Trinajstić information content (AvgIpc) is 3.28. The van der Waals surface area contributed by atoms with Gasteiger partial charge in [-0.05, 0) is 30.3 Å². The second-order valence-electron chi connectivity index (χ2n) is 6.60. The molecular formula is C20H24F3IN4O3. The van der Waals surface area contributed by atoms with Crippen LogP contribution in [0.2, 0.25) is 0 Å². The lowest BCUT2D eigenvalue weighted by Crippen LogP contribution is -2.54. The van der Waals surface area contributed by atoms with Gasteiger partial charge < -0.3 is 24.3 Å². The molecule has 170 valence electrons. The Bertz CT molecular complexity index is 867. The zero-order chi connectivity index (χ0) is 21.6. The van der Waals surface area contributed by atoms with Crippen molar-refractivity contribution in [1.82, 2.24) is 15.1 Å². The number of aliphatic imine (C=N–C) groups is 1. The number of piperazine rings is 1. The molecule has 1 aliphatic heterocycles. The van der Waals surface area contributed by atoms with Crippen LogP contribution >= 0.6 is 24.0 Å². The fourth-order valence-corrected chi connectivity index (χ4v) is 3.10. The molecule has 0 aliphatic carbocycles. The van der Waals surface area contributed by atoms with Crippen molar-refractivity contribution in [3.63, 3.8) is 0 Å². The van der Waals surface area contributed by atoms with Crippen molar-refractivity contribution in [3.8, 4) is 5.75 Å². The number of carbonyl (C=O) groups is 1. The Balaban J connectivity index is 0.00000341. The number of furan rings is 1. The summed E-state index contributed by atoms with van der Waals surface area (Å²) in [7, 11) is 1.65. The van der Waals surface area contributed by atoms with Crippen LogP contribution in [-0.4, -0.2) is 68.0 Å². The molecule has 2 heterocycles. The van der Waals surface area contributed by atoms with Crippen molar-refractivity contribution >= 4 is 35.8 Å². The maximum absolute atomic E-state index is 12.8. The van der Waals surface area contributed by atoms with Crippen LogP contribution in [-0.2, 0) is 6.18 Å². The summed E-state index contributed by atoms with van der Waals surface area (Å²) < 4.78 is 48.8. The SMILES string of the molecule is CN=C(NCCOc1cccc(C(F)(F)F)c1)N1CCN(C(=O)c2ccco2)CC1.I. The Kier molecular flexibility index (Phi) is 9.01. The number of rotatable bonds is 5. The number of hydrogen-bond acceptors (Lipinski definition) is 4. The Morgan fingerprint density at radius 1 is 1.16 bits per heavy atom. The molecule has 11 heteroatoms. The van der Waals surface area contributed by atoms with E-state index in [2.05, 4.69) is 10.3 Å². The smallest absolute Gasteiger partial charge is 0.416 e. The van der Waals surface area contributed by atoms with Gasteiger partial charge >= 0.3 is 6.18 Å².